The van der Waals surface area contributed by atoms with E-state index in [1.165, 1.54) is 39.9 Å². The van der Waals surface area contributed by atoms with Gasteiger partial charge in [0.1, 0.15) is 12.0 Å². The second-order valence-electron chi connectivity index (χ2n) is 7.10. The predicted octanol–water partition coefficient (Wildman–Crippen LogP) is 1.12. The summed E-state index contributed by atoms with van der Waals surface area (Å²) < 4.78 is 1.32. The number of rotatable bonds is 6. The second-order valence-corrected chi connectivity index (χ2v) is 7.10. The van der Waals surface area contributed by atoms with Crippen molar-refractivity contribution in [2.24, 2.45) is 5.10 Å². The van der Waals surface area contributed by atoms with Gasteiger partial charge in [-0.05, 0) is 36.3 Å². The van der Waals surface area contributed by atoms with Gasteiger partial charge in [0.05, 0.1) is 18.7 Å². The zero-order valence-corrected chi connectivity index (χ0v) is 15.0. The zero-order chi connectivity index (χ0) is 19.0. The smallest absolute Gasteiger partial charge is 0.279 e. The number of anilines is 2. The Labute approximate surface area is 156 Å². The van der Waals surface area contributed by atoms with Gasteiger partial charge in [-0.2, -0.15) is 5.10 Å². The van der Waals surface area contributed by atoms with E-state index >= 15 is 0 Å². The van der Waals surface area contributed by atoms with Gasteiger partial charge in [0.2, 0.25) is 5.91 Å². The van der Waals surface area contributed by atoms with Gasteiger partial charge < -0.3 is 11.5 Å². The number of amides is 1. The molecule has 140 valence electrons. The second kappa shape index (κ2) is 6.86. The quantitative estimate of drug-likeness (QED) is 0.794. The van der Waals surface area contributed by atoms with Gasteiger partial charge in [-0.15, -0.1) is 0 Å². The number of nitrogens with two attached hydrogens (primary N) is 2. The van der Waals surface area contributed by atoms with Crippen LogP contribution in [0.25, 0.3) is 0 Å². The first kappa shape index (κ1) is 17.3. The molecule has 1 amide bonds. The van der Waals surface area contributed by atoms with Crippen LogP contribution in [0.5, 0.6) is 0 Å². The largest absolute Gasteiger partial charge is 0.391 e. The molecule has 1 aromatic heterocycles. The van der Waals surface area contributed by atoms with Crippen LogP contribution in [-0.4, -0.2) is 32.7 Å². The molecule has 1 fully saturated rings. The molecule has 0 saturated heterocycles. The molecule has 2 aromatic rings. The molecule has 1 saturated carbocycles. The molecule has 1 aliphatic heterocycles. The molecule has 4 rings (SSSR count). The number of carbonyl (C=O) groups excluding carboxylic acids is 1. The highest BCUT2D eigenvalue weighted by Gasteiger charge is 2.25. The van der Waals surface area contributed by atoms with Crippen molar-refractivity contribution in [3.05, 3.63) is 52.1 Å². The van der Waals surface area contributed by atoms with Gasteiger partial charge >= 0.3 is 0 Å². The number of hydrogen-bond donors (Lipinski definition) is 2. The lowest BCUT2D eigenvalue weighted by Gasteiger charge is -2.11. The van der Waals surface area contributed by atoms with Crippen LogP contribution in [-0.2, 0) is 17.8 Å². The third-order valence-electron chi connectivity index (χ3n) is 5.00. The summed E-state index contributed by atoms with van der Waals surface area (Å²) in [6.45, 7) is 0.691. The molecule has 0 bridgehead atoms. The van der Waals surface area contributed by atoms with E-state index in [2.05, 4.69) is 34.4 Å². The highest BCUT2D eigenvalue weighted by Crippen LogP contribution is 2.39. The van der Waals surface area contributed by atoms with Crippen LogP contribution in [0.1, 0.15) is 36.3 Å². The van der Waals surface area contributed by atoms with Crippen LogP contribution >= 0.6 is 0 Å². The molecule has 4 N–H and O–H groups in total. The molecule has 1 aliphatic carbocycles. The van der Waals surface area contributed by atoms with Crippen molar-refractivity contribution >= 4 is 23.1 Å². The summed E-state index contributed by atoms with van der Waals surface area (Å²) in [6.07, 6.45) is 4.83. The van der Waals surface area contributed by atoms with E-state index in [0.29, 0.717) is 12.3 Å². The van der Waals surface area contributed by atoms with E-state index in [4.69, 9.17) is 11.5 Å². The van der Waals surface area contributed by atoms with Crippen LogP contribution in [0, 0.1) is 0 Å². The molecule has 8 heteroatoms. The lowest BCUT2D eigenvalue weighted by atomic mass is 10.1. The Morgan fingerprint density at radius 3 is 2.56 bits per heavy atom. The summed E-state index contributed by atoms with van der Waals surface area (Å²) in [4.78, 5) is 28.2. The minimum atomic E-state index is -0.424. The topological polar surface area (TPSA) is 120 Å². The van der Waals surface area contributed by atoms with Gasteiger partial charge in [-0.3, -0.25) is 14.2 Å². The predicted molar refractivity (Wildman–Crippen MR) is 103 cm³/mol. The lowest BCUT2D eigenvalue weighted by molar-refractivity contribution is -0.128. The summed E-state index contributed by atoms with van der Waals surface area (Å²) in [5, 5.41) is 5.84. The van der Waals surface area contributed by atoms with Crippen LogP contribution in [0.15, 0.2) is 40.5 Å². The van der Waals surface area contributed by atoms with Crippen molar-refractivity contribution < 1.29 is 4.79 Å². The maximum absolute atomic E-state index is 12.2. The first-order valence-corrected chi connectivity index (χ1v) is 9.07. The van der Waals surface area contributed by atoms with Crippen LogP contribution in [0.2, 0.25) is 0 Å². The zero-order valence-electron chi connectivity index (χ0n) is 15.0. The average molecular weight is 366 g/mol. The third-order valence-corrected chi connectivity index (χ3v) is 5.00. The van der Waals surface area contributed by atoms with E-state index in [-0.39, 0.29) is 30.4 Å². The Kier molecular flexibility index (Phi) is 4.39. The fraction of sp³-hybridized carbons (Fsp3) is 0.368. The molecule has 0 radical (unpaired) electrons. The van der Waals surface area contributed by atoms with Gasteiger partial charge in [-0.25, -0.2) is 9.99 Å². The molecule has 27 heavy (non-hydrogen) atoms. The number of aromatic nitrogens is 2. The van der Waals surface area contributed by atoms with Crippen molar-refractivity contribution in [3.63, 3.8) is 0 Å². The van der Waals surface area contributed by atoms with Crippen molar-refractivity contribution in [1.29, 1.82) is 0 Å². The minimum Gasteiger partial charge on any atom is -0.391 e. The molecule has 1 aromatic carbocycles. The van der Waals surface area contributed by atoms with E-state index in [1.807, 2.05) is 0 Å². The fourth-order valence-corrected chi connectivity index (χ4v) is 3.23. The summed E-state index contributed by atoms with van der Waals surface area (Å²) in [7, 11) is 0. The minimum absolute atomic E-state index is 0.00928. The normalized spacial score (nSPS) is 16.7. The first-order valence-electron chi connectivity index (χ1n) is 9.07. The molecule has 0 spiro atoms. The van der Waals surface area contributed by atoms with Crippen LogP contribution < -0.4 is 17.0 Å². The average Bonchev–Trinajstić information content (AvgIpc) is 3.45. The number of benzene rings is 1. The molecule has 0 unspecified atom stereocenters. The summed E-state index contributed by atoms with van der Waals surface area (Å²) >= 11 is 0. The van der Waals surface area contributed by atoms with E-state index in [1.54, 1.807) is 0 Å². The van der Waals surface area contributed by atoms with Gasteiger partial charge in [-0.1, -0.05) is 24.3 Å². The lowest BCUT2D eigenvalue weighted by Crippen LogP contribution is -2.27. The van der Waals surface area contributed by atoms with Crippen molar-refractivity contribution in [2.75, 3.05) is 18.0 Å². The number of carbonyl (C=O) groups is 1. The van der Waals surface area contributed by atoms with Gasteiger partial charge in [0, 0.05) is 6.54 Å². The molecular weight excluding hydrogens is 344 g/mol. The van der Waals surface area contributed by atoms with E-state index < -0.39 is 5.56 Å². The molecular formula is C19H22N6O2. The van der Waals surface area contributed by atoms with Gasteiger partial charge in [0.25, 0.3) is 5.56 Å². The summed E-state index contributed by atoms with van der Waals surface area (Å²) in [5.74, 6) is 0.686. The molecule has 2 heterocycles. The highest BCUT2D eigenvalue weighted by atomic mass is 16.2. The number of nitrogens with zero attached hydrogens (tertiary/aromatic N) is 4. The van der Waals surface area contributed by atoms with Crippen molar-refractivity contribution in [2.45, 2.75) is 38.1 Å². The van der Waals surface area contributed by atoms with Crippen molar-refractivity contribution in [3.8, 4) is 0 Å². The Hall–Kier alpha value is -3.16. The maximum atomic E-state index is 12.2. The Balaban J connectivity index is 1.39. The Bertz CT molecular complexity index is 959. The standard InChI is InChI=1S/C19H22N6O2/c20-17-18(21)22-11-24(19(17)27)10-15-9-16(26)25(23-15)8-7-12-1-3-13(4-2-12)14-5-6-14/h1-4,11,14H,5-10,20-21H2. The van der Waals surface area contributed by atoms with Crippen LogP contribution in [0.4, 0.5) is 11.5 Å². The monoisotopic (exact) mass is 366 g/mol. The Morgan fingerprint density at radius 1 is 1.11 bits per heavy atom. The summed E-state index contributed by atoms with van der Waals surface area (Å²) in [6, 6.07) is 8.61. The first-order chi connectivity index (χ1) is 13.0. The Morgan fingerprint density at radius 2 is 1.85 bits per heavy atom. The SMILES string of the molecule is Nc1ncn(CC2=NN(CCc3ccc(C4CC4)cc3)C(=O)C2)c(=O)c1N. The molecule has 2 aliphatic rings. The molecule has 8 nitrogen and oxygen atoms in total. The molecule has 0 atom stereocenters. The number of hydrogen-bond acceptors (Lipinski definition) is 6. The van der Waals surface area contributed by atoms with E-state index in [9.17, 15) is 9.59 Å². The van der Waals surface area contributed by atoms with Crippen molar-refractivity contribution in [1.82, 2.24) is 14.6 Å². The fourth-order valence-electron chi connectivity index (χ4n) is 3.23. The maximum Gasteiger partial charge on any atom is 0.279 e. The van der Waals surface area contributed by atoms with Gasteiger partial charge in [0.15, 0.2) is 5.82 Å². The number of nitrogen functional groups attached to an aromatic ring is 2. The summed E-state index contributed by atoms with van der Waals surface area (Å²) in [5.41, 5.74) is 13.8. The van der Waals surface area contributed by atoms with Crippen LogP contribution in [0.3, 0.4) is 0 Å². The highest BCUT2D eigenvalue weighted by molar-refractivity contribution is 6.04. The van der Waals surface area contributed by atoms with E-state index in [0.717, 1.165) is 12.3 Å². The number of hydrazone groups is 1. The third kappa shape index (κ3) is 3.69.